The van der Waals surface area contributed by atoms with Crippen LogP contribution in [0.3, 0.4) is 0 Å². The summed E-state index contributed by atoms with van der Waals surface area (Å²) < 4.78 is 1.44. The number of aliphatic carboxylic acids is 3. The first-order chi connectivity index (χ1) is 43.6. The van der Waals surface area contributed by atoms with Crippen molar-refractivity contribution in [1.29, 1.82) is 0 Å². The van der Waals surface area contributed by atoms with Crippen molar-refractivity contribution < 1.29 is 29.7 Å². The van der Waals surface area contributed by atoms with Gasteiger partial charge in [0.1, 0.15) is 0 Å². The molecule has 0 rings (SSSR count). The first-order valence-electron chi connectivity index (χ1n) is 40.9. The van der Waals surface area contributed by atoms with Gasteiger partial charge in [0.25, 0.3) is 0 Å². The SMILES string of the molecule is CC(C)[CH2][SnH+2].CCCCCCCCCCCCCCCCCCCCCCCCCC(=O)[O-].CCCCCCCCCCCCCCCCCCCCCCCCCC(=O)[O-].CCCCCCCCCCCCCCCCCCCCCCCCCC(=O)[O-]. The maximum absolute atomic E-state index is 10.3. The Kier molecular flexibility index (Phi) is 97.2. The molecule has 0 N–H and O–H groups in total. The minimum atomic E-state index is -0.900. The molecule has 6 nitrogen and oxygen atoms in total. The largest absolute Gasteiger partial charge is 0.550 e. The molecule has 0 amide bonds. The van der Waals surface area contributed by atoms with E-state index in [9.17, 15) is 29.7 Å². The third kappa shape index (κ3) is 109. The Morgan fingerprint density at radius 3 is 0.348 bits per heavy atom. The maximum Gasteiger partial charge on any atom is 0.0414 e. The molecule has 0 atom stereocenters. The van der Waals surface area contributed by atoms with Crippen molar-refractivity contribution >= 4 is 40.4 Å². The zero-order valence-electron chi connectivity index (χ0n) is 61.7. The van der Waals surface area contributed by atoms with Crippen molar-refractivity contribution in [2.75, 3.05) is 0 Å². The van der Waals surface area contributed by atoms with Gasteiger partial charge < -0.3 is 29.7 Å². The summed E-state index contributed by atoms with van der Waals surface area (Å²) in [6, 6.07) is 0. The molecule has 0 saturated carbocycles. The summed E-state index contributed by atoms with van der Waals surface area (Å²) >= 11 is 1.43. The smallest absolute Gasteiger partial charge is 0.0414 e. The number of hydrogen-bond acceptors (Lipinski definition) is 6. The molecule has 0 heterocycles. The molecule has 7 heteroatoms. The summed E-state index contributed by atoms with van der Waals surface area (Å²) in [5, 5.41) is 30.9. The van der Waals surface area contributed by atoms with Crippen LogP contribution < -0.4 is 15.3 Å². The molecule has 0 aliphatic rings. The number of unbranched alkanes of at least 4 members (excludes halogenated alkanes) is 66. The summed E-state index contributed by atoms with van der Waals surface area (Å²) in [6.45, 7) is 11.4. The molecule has 0 radical (unpaired) electrons. The molecular weight excluding hydrogens is 1200 g/mol. The Bertz CT molecular complexity index is 1120. The van der Waals surface area contributed by atoms with Crippen LogP contribution in [0.1, 0.15) is 497 Å². The van der Waals surface area contributed by atoms with Crippen LogP contribution in [0.4, 0.5) is 0 Å². The number of rotatable bonds is 73. The fourth-order valence-electron chi connectivity index (χ4n) is 12.2. The van der Waals surface area contributed by atoms with E-state index >= 15 is 0 Å². The van der Waals surface area contributed by atoms with Crippen molar-refractivity contribution in [3.8, 4) is 0 Å². The average Bonchev–Trinajstić information content (AvgIpc) is 3.52. The van der Waals surface area contributed by atoms with Gasteiger partial charge in [-0.15, -0.1) is 0 Å². The molecule has 0 bridgehead atoms. The van der Waals surface area contributed by atoms with Crippen LogP contribution >= 0.6 is 0 Å². The van der Waals surface area contributed by atoms with E-state index in [1.54, 1.807) is 0 Å². The van der Waals surface area contributed by atoms with E-state index < -0.39 is 17.9 Å². The van der Waals surface area contributed by atoms with Crippen LogP contribution in [0.15, 0.2) is 0 Å². The third-order valence-corrected chi connectivity index (χ3v) is 21.1. The molecular formula is C82H163O6Sn-. The Morgan fingerprint density at radius 2 is 0.281 bits per heavy atom. The molecule has 0 aromatic heterocycles. The van der Waals surface area contributed by atoms with Gasteiger partial charge in [0.15, 0.2) is 0 Å². The second kappa shape index (κ2) is 91.4. The van der Waals surface area contributed by atoms with Crippen LogP contribution in [0.5, 0.6) is 0 Å². The minimum absolute atomic E-state index is 0.235. The van der Waals surface area contributed by atoms with E-state index in [-0.39, 0.29) is 19.3 Å². The van der Waals surface area contributed by atoms with Crippen molar-refractivity contribution in [1.82, 2.24) is 0 Å². The molecule has 0 saturated heterocycles. The molecule has 89 heavy (non-hydrogen) atoms. The normalized spacial score (nSPS) is 11.1. The number of carbonyl (C=O) groups is 3. The van der Waals surface area contributed by atoms with Crippen LogP contribution in [-0.2, 0) is 14.4 Å². The topological polar surface area (TPSA) is 120 Å². The van der Waals surface area contributed by atoms with Crippen LogP contribution in [0, 0.1) is 5.92 Å². The number of carboxylic acids is 3. The van der Waals surface area contributed by atoms with Gasteiger partial charge in [0.2, 0.25) is 0 Å². The maximum atomic E-state index is 10.3. The zero-order valence-corrected chi connectivity index (χ0v) is 65.0. The van der Waals surface area contributed by atoms with Crippen molar-refractivity contribution in [2.24, 2.45) is 5.92 Å². The quantitative estimate of drug-likeness (QED) is 0.0442. The molecule has 0 aliphatic carbocycles. The number of carbonyl (C=O) groups excluding carboxylic acids is 3. The van der Waals surface area contributed by atoms with Crippen LogP contribution in [0.25, 0.3) is 0 Å². The van der Waals surface area contributed by atoms with E-state index in [1.165, 1.54) is 431 Å². The molecule has 0 aromatic rings. The molecule has 532 valence electrons. The Labute approximate surface area is 573 Å². The molecule has 0 unspecified atom stereocenters. The summed E-state index contributed by atoms with van der Waals surface area (Å²) in [7, 11) is 0. The summed E-state index contributed by atoms with van der Waals surface area (Å²) in [4.78, 5) is 30.9. The molecule has 0 aliphatic heterocycles. The molecule has 0 spiro atoms. The van der Waals surface area contributed by atoms with Gasteiger partial charge in [0.05, 0.1) is 0 Å². The van der Waals surface area contributed by atoms with Gasteiger partial charge in [-0.3, -0.25) is 0 Å². The fourth-order valence-corrected chi connectivity index (χ4v) is 12.2. The predicted molar refractivity (Wildman–Crippen MR) is 391 cm³/mol. The third-order valence-electron chi connectivity index (χ3n) is 18.4. The molecule has 0 fully saturated rings. The van der Waals surface area contributed by atoms with Gasteiger partial charge >= 0.3 is 46.7 Å². The standard InChI is InChI=1S/3C26H52O2.C4H9.Sn.H/c3*1-2-3-4-5-6-7-8-9-10-11-12-13-14-15-16-17-18-19-20-21-22-23-24-25-26(27)28;1-4(2)3;;/h3*2-25H2,1H3,(H,27,28);4H,1H2,2-3H3;;/q;;;;+2;/p-3. The Balaban J connectivity index is -0.000000585. The molecule has 0 aromatic carbocycles. The second-order valence-corrected chi connectivity index (χ2v) is 29.7. The zero-order chi connectivity index (χ0) is 65.9. The Morgan fingerprint density at radius 1 is 0.202 bits per heavy atom. The van der Waals surface area contributed by atoms with Crippen molar-refractivity contribution in [2.45, 2.75) is 501 Å². The first-order valence-corrected chi connectivity index (χ1v) is 43.2. The van der Waals surface area contributed by atoms with Gasteiger partial charge in [-0.05, 0) is 38.5 Å². The Hall–Kier alpha value is -0.791. The predicted octanol–water partition coefficient (Wildman–Crippen LogP) is 25.3. The van der Waals surface area contributed by atoms with Crippen LogP contribution in [-0.4, -0.2) is 40.4 Å². The van der Waals surface area contributed by atoms with Gasteiger partial charge in [-0.25, -0.2) is 0 Å². The fraction of sp³-hybridized carbons (Fsp3) is 0.963. The summed E-state index contributed by atoms with van der Waals surface area (Å²) in [5.41, 5.74) is 0. The average molecular weight is 1360 g/mol. The second-order valence-electron chi connectivity index (χ2n) is 28.3. The first kappa shape index (κ1) is 94.6. The van der Waals surface area contributed by atoms with E-state index in [1.807, 2.05) is 0 Å². The summed E-state index contributed by atoms with van der Waals surface area (Å²) in [6.07, 6.45) is 95.0. The number of hydrogen-bond donors (Lipinski definition) is 0. The van der Waals surface area contributed by atoms with Crippen molar-refractivity contribution in [3.63, 3.8) is 0 Å². The van der Waals surface area contributed by atoms with Gasteiger partial charge in [0, 0.05) is 17.9 Å². The van der Waals surface area contributed by atoms with Gasteiger partial charge in [-0.1, -0.05) is 445 Å². The summed E-state index contributed by atoms with van der Waals surface area (Å²) in [5.74, 6) is -1.76. The van der Waals surface area contributed by atoms with E-state index in [0.29, 0.717) is 0 Å². The van der Waals surface area contributed by atoms with Crippen molar-refractivity contribution in [3.05, 3.63) is 0 Å². The minimum Gasteiger partial charge on any atom is -0.550 e. The monoisotopic (exact) mass is 1360 g/mol. The van der Waals surface area contributed by atoms with Gasteiger partial charge in [-0.2, -0.15) is 0 Å². The van der Waals surface area contributed by atoms with E-state index in [4.69, 9.17) is 0 Å². The number of carboxylic acid groups (broad SMARTS) is 3. The van der Waals surface area contributed by atoms with E-state index in [2.05, 4.69) is 34.6 Å². The van der Waals surface area contributed by atoms with E-state index in [0.717, 1.165) is 44.4 Å². The van der Waals surface area contributed by atoms with Crippen LogP contribution in [0.2, 0.25) is 4.44 Å².